The van der Waals surface area contributed by atoms with Gasteiger partial charge in [0.25, 0.3) is 0 Å². The van der Waals surface area contributed by atoms with E-state index in [1.54, 1.807) is 4.90 Å². The quantitative estimate of drug-likeness (QED) is 0.618. The molecule has 1 aliphatic rings. The minimum atomic E-state index is -1.22. The van der Waals surface area contributed by atoms with Gasteiger partial charge in [-0.25, -0.2) is 4.39 Å². The molecule has 0 aromatic heterocycles. The van der Waals surface area contributed by atoms with Crippen LogP contribution in [0, 0.1) is 0 Å². The van der Waals surface area contributed by atoms with E-state index in [1.807, 2.05) is 0 Å². The fourth-order valence-corrected chi connectivity index (χ4v) is 1.60. The topological polar surface area (TPSA) is 38.8 Å². The second kappa shape index (κ2) is 5.26. The molecule has 1 aliphatic heterocycles. The van der Waals surface area contributed by atoms with Crippen LogP contribution < -0.4 is 0 Å². The van der Waals surface area contributed by atoms with Gasteiger partial charge in [-0.2, -0.15) is 0 Å². The molecule has 2 unspecified atom stereocenters. The van der Waals surface area contributed by atoms with E-state index in [2.05, 4.69) is 4.74 Å². The Hall–Kier alpha value is -0.680. The molecule has 0 N–H and O–H groups in total. The Morgan fingerprint density at radius 3 is 2.50 bits per heavy atom. The van der Waals surface area contributed by atoms with Crippen molar-refractivity contribution in [3.05, 3.63) is 0 Å². The zero-order valence-corrected chi connectivity index (χ0v) is 8.53. The molecule has 0 radical (unpaired) electrons. The average molecular weight is 205 g/mol. The van der Waals surface area contributed by atoms with Crippen LogP contribution in [-0.4, -0.2) is 56.5 Å². The van der Waals surface area contributed by atoms with Gasteiger partial charge in [-0.3, -0.25) is 9.69 Å². The second-order valence-corrected chi connectivity index (χ2v) is 3.29. The minimum Gasteiger partial charge on any atom is -0.468 e. The Kier molecular flexibility index (Phi) is 4.28. The third-order valence-electron chi connectivity index (χ3n) is 2.32. The number of nitrogens with zero attached hydrogens (tertiary/aromatic N) is 1. The van der Waals surface area contributed by atoms with Gasteiger partial charge in [-0.1, -0.05) is 0 Å². The highest BCUT2D eigenvalue weighted by molar-refractivity contribution is 5.76. The number of halogens is 1. The first-order valence-corrected chi connectivity index (χ1v) is 4.70. The van der Waals surface area contributed by atoms with Crippen molar-refractivity contribution in [2.24, 2.45) is 0 Å². The van der Waals surface area contributed by atoms with Crippen LogP contribution in [-0.2, 0) is 14.3 Å². The van der Waals surface area contributed by atoms with E-state index in [0.717, 1.165) is 0 Å². The molecule has 14 heavy (non-hydrogen) atoms. The van der Waals surface area contributed by atoms with E-state index in [9.17, 15) is 9.18 Å². The highest BCUT2D eigenvalue weighted by Crippen LogP contribution is 2.11. The van der Waals surface area contributed by atoms with Gasteiger partial charge in [0.15, 0.2) is 0 Å². The van der Waals surface area contributed by atoms with Crippen LogP contribution in [0.3, 0.4) is 0 Å². The molecule has 0 aromatic carbocycles. The summed E-state index contributed by atoms with van der Waals surface area (Å²) in [5.41, 5.74) is 0. The number of esters is 1. The number of methoxy groups -OCH3 is 1. The average Bonchev–Trinajstić information content (AvgIpc) is 2.19. The fraction of sp³-hybridized carbons (Fsp3) is 0.889. The Morgan fingerprint density at radius 1 is 1.50 bits per heavy atom. The molecule has 1 heterocycles. The van der Waals surface area contributed by atoms with E-state index >= 15 is 0 Å². The van der Waals surface area contributed by atoms with Crippen molar-refractivity contribution in [2.75, 3.05) is 33.4 Å². The van der Waals surface area contributed by atoms with Gasteiger partial charge in [0, 0.05) is 13.1 Å². The third kappa shape index (κ3) is 2.65. The van der Waals surface area contributed by atoms with E-state index in [1.165, 1.54) is 14.0 Å². The number of carbonyl (C=O) groups is 1. The van der Waals surface area contributed by atoms with Crippen molar-refractivity contribution >= 4 is 5.97 Å². The molecular formula is C9H16FNO3. The molecule has 1 rings (SSSR count). The number of alkyl halides is 1. The molecule has 5 heteroatoms. The van der Waals surface area contributed by atoms with Crippen LogP contribution in [0.15, 0.2) is 0 Å². The largest absolute Gasteiger partial charge is 0.468 e. The van der Waals surface area contributed by atoms with Crippen molar-refractivity contribution in [1.82, 2.24) is 4.90 Å². The zero-order chi connectivity index (χ0) is 10.6. The SMILES string of the molecule is COC(=O)C(C(C)F)N1CCOCC1. The smallest absolute Gasteiger partial charge is 0.326 e. The molecule has 0 aliphatic carbocycles. The molecular weight excluding hydrogens is 189 g/mol. The molecule has 0 saturated carbocycles. The van der Waals surface area contributed by atoms with Gasteiger partial charge in [0.1, 0.15) is 12.2 Å². The van der Waals surface area contributed by atoms with Gasteiger partial charge in [0.05, 0.1) is 20.3 Å². The number of hydrogen-bond donors (Lipinski definition) is 0. The van der Waals surface area contributed by atoms with Crippen LogP contribution in [0.25, 0.3) is 0 Å². The van der Waals surface area contributed by atoms with Crippen LogP contribution >= 0.6 is 0 Å². The summed E-state index contributed by atoms with van der Waals surface area (Å²) in [6.45, 7) is 3.61. The van der Waals surface area contributed by atoms with Crippen LogP contribution in [0.1, 0.15) is 6.92 Å². The van der Waals surface area contributed by atoms with Crippen molar-refractivity contribution in [3.63, 3.8) is 0 Å². The summed E-state index contributed by atoms with van der Waals surface area (Å²) in [5.74, 6) is -0.512. The van der Waals surface area contributed by atoms with E-state index < -0.39 is 18.2 Å². The van der Waals surface area contributed by atoms with Crippen molar-refractivity contribution in [2.45, 2.75) is 19.1 Å². The molecule has 0 bridgehead atoms. The number of morpholine rings is 1. The lowest BCUT2D eigenvalue weighted by atomic mass is 10.1. The summed E-state index contributed by atoms with van der Waals surface area (Å²) >= 11 is 0. The lowest BCUT2D eigenvalue weighted by molar-refractivity contribution is -0.151. The summed E-state index contributed by atoms with van der Waals surface area (Å²) in [5, 5.41) is 0. The Labute approximate surface area is 83.0 Å². The van der Waals surface area contributed by atoms with E-state index in [0.29, 0.717) is 26.3 Å². The van der Waals surface area contributed by atoms with Gasteiger partial charge < -0.3 is 9.47 Å². The zero-order valence-electron chi connectivity index (χ0n) is 8.53. The maximum absolute atomic E-state index is 13.2. The fourth-order valence-electron chi connectivity index (χ4n) is 1.60. The van der Waals surface area contributed by atoms with E-state index in [4.69, 9.17) is 4.74 Å². The number of ether oxygens (including phenoxy) is 2. The summed E-state index contributed by atoms with van der Waals surface area (Å²) in [6.07, 6.45) is -1.22. The number of carbonyl (C=O) groups excluding carboxylic acids is 1. The second-order valence-electron chi connectivity index (χ2n) is 3.29. The molecule has 2 atom stereocenters. The van der Waals surface area contributed by atoms with Gasteiger partial charge in [-0.05, 0) is 6.92 Å². The first-order valence-electron chi connectivity index (χ1n) is 4.70. The highest BCUT2D eigenvalue weighted by atomic mass is 19.1. The lowest BCUT2D eigenvalue weighted by Gasteiger charge is -2.33. The summed E-state index contributed by atoms with van der Waals surface area (Å²) in [4.78, 5) is 13.1. The van der Waals surface area contributed by atoms with Gasteiger partial charge >= 0.3 is 5.97 Å². The molecule has 1 saturated heterocycles. The molecule has 0 amide bonds. The maximum Gasteiger partial charge on any atom is 0.326 e. The Morgan fingerprint density at radius 2 is 2.07 bits per heavy atom. The summed E-state index contributed by atoms with van der Waals surface area (Å²) < 4.78 is 22.9. The van der Waals surface area contributed by atoms with Gasteiger partial charge in [-0.15, -0.1) is 0 Å². The van der Waals surface area contributed by atoms with Gasteiger partial charge in [0.2, 0.25) is 0 Å². The predicted molar refractivity (Wildman–Crippen MR) is 48.8 cm³/mol. The highest BCUT2D eigenvalue weighted by Gasteiger charge is 2.33. The Balaban J connectivity index is 2.60. The van der Waals surface area contributed by atoms with E-state index in [-0.39, 0.29) is 0 Å². The lowest BCUT2D eigenvalue weighted by Crippen LogP contribution is -2.51. The molecule has 4 nitrogen and oxygen atoms in total. The summed E-state index contributed by atoms with van der Waals surface area (Å²) in [6, 6.07) is -0.788. The third-order valence-corrected chi connectivity index (χ3v) is 2.32. The molecule has 82 valence electrons. The van der Waals surface area contributed by atoms with Crippen molar-refractivity contribution < 1.29 is 18.7 Å². The molecule has 1 fully saturated rings. The first kappa shape index (κ1) is 11.4. The molecule has 0 aromatic rings. The standard InChI is InChI=1S/C9H16FNO3/c1-7(10)8(9(12)13-2)11-3-5-14-6-4-11/h7-8H,3-6H2,1-2H3. The van der Waals surface area contributed by atoms with Crippen LogP contribution in [0.5, 0.6) is 0 Å². The number of hydrogen-bond acceptors (Lipinski definition) is 4. The minimum absolute atomic E-state index is 0.512. The number of rotatable bonds is 3. The van der Waals surface area contributed by atoms with Crippen LogP contribution in [0.2, 0.25) is 0 Å². The molecule has 0 spiro atoms. The first-order chi connectivity index (χ1) is 6.66. The van der Waals surface area contributed by atoms with Crippen molar-refractivity contribution in [3.8, 4) is 0 Å². The predicted octanol–water partition coefficient (Wildman–Crippen LogP) is 0.218. The maximum atomic E-state index is 13.2. The normalized spacial score (nSPS) is 22.8. The monoisotopic (exact) mass is 205 g/mol. The van der Waals surface area contributed by atoms with Crippen LogP contribution in [0.4, 0.5) is 4.39 Å². The van der Waals surface area contributed by atoms with Crippen molar-refractivity contribution in [1.29, 1.82) is 0 Å². The summed E-state index contributed by atoms with van der Waals surface area (Å²) in [7, 11) is 1.28. The Bertz CT molecular complexity index is 192.